The van der Waals surface area contributed by atoms with Crippen molar-refractivity contribution >= 4 is 42.2 Å². The Labute approximate surface area is 214 Å². The van der Waals surface area contributed by atoms with Crippen LogP contribution in [0.3, 0.4) is 0 Å². The molecule has 0 bridgehead atoms. The number of carbonyl (C=O) groups is 1. The molecule has 10 heteroatoms. The lowest BCUT2D eigenvalue weighted by Gasteiger charge is -2.19. The van der Waals surface area contributed by atoms with Gasteiger partial charge in [0.2, 0.25) is 15.9 Å². The van der Waals surface area contributed by atoms with Gasteiger partial charge in [-0.15, -0.1) is 0 Å². The van der Waals surface area contributed by atoms with E-state index in [9.17, 15) is 21.6 Å². The summed E-state index contributed by atoms with van der Waals surface area (Å²) in [6.07, 6.45) is 1.25. The molecule has 0 saturated carbocycles. The molecule has 1 amide bonds. The zero-order chi connectivity index (χ0) is 26.4. The van der Waals surface area contributed by atoms with Crippen LogP contribution in [-0.2, 0) is 24.7 Å². The first-order valence-corrected chi connectivity index (χ1v) is 14.8. The number of amides is 1. The summed E-state index contributed by atoms with van der Waals surface area (Å²) >= 11 is 0. The molecule has 1 aliphatic heterocycles. The van der Waals surface area contributed by atoms with Gasteiger partial charge in [0, 0.05) is 18.4 Å². The van der Waals surface area contributed by atoms with Gasteiger partial charge in [-0.05, 0) is 53.1 Å². The van der Waals surface area contributed by atoms with Crippen molar-refractivity contribution in [2.24, 2.45) is 0 Å². The second kappa shape index (κ2) is 9.37. The van der Waals surface area contributed by atoms with Gasteiger partial charge in [0.25, 0.3) is 0 Å². The molecule has 4 aromatic rings. The van der Waals surface area contributed by atoms with Gasteiger partial charge in [-0.2, -0.15) is 4.72 Å². The third-order valence-corrected chi connectivity index (χ3v) is 8.99. The van der Waals surface area contributed by atoms with E-state index in [1.807, 2.05) is 18.2 Å². The monoisotopic (exact) mass is 538 g/mol. The summed E-state index contributed by atoms with van der Waals surface area (Å²) in [5, 5.41) is 1.65. The maximum absolute atomic E-state index is 15.2. The average Bonchev–Trinajstić information content (AvgIpc) is 3.22. The number of hydrogen-bond donors (Lipinski definition) is 1. The Hall–Kier alpha value is -3.60. The summed E-state index contributed by atoms with van der Waals surface area (Å²) in [6.45, 7) is 0.125. The van der Waals surface area contributed by atoms with Crippen LogP contribution in [0.15, 0.2) is 94.7 Å². The Morgan fingerprint density at radius 1 is 0.865 bits per heavy atom. The summed E-state index contributed by atoms with van der Waals surface area (Å²) in [5.74, 6) is -1.28. The van der Waals surface area contributed by atoms with Crippen LogP contribution in [0.4, 0.5) is 10.1 Å². The fourth-order valence-corrected chi connectivity index (χ4v) is 6.71. The van der Waals surface area contributed by atoms with Crippen LogP contribution < -0.4 is 9.62 Å². The molecule has 1 aliphatic rings. The zero-order valence-electron chi connectivity index (χ0n) is 19.8. The van der Waals surface area contributed by atoms with Gasteiger partial charge < -0.3 is 4.90 Å². The highest BCUT2D eigenvalue weighted by Gasteiger charge is 2.37. The third kappa shape index (κ3) is 4.87. The molecular weight excluding hydrogens is 515 g/mol. The van der Waals surface area contributed by atoms with Crippen molar-refractivity contribution in [2.45, 2.75) is 22.3 Å². The van der Waals surface area contributed by atoms with E-state index >= 15 is 4.39 Å². The minimum Gasteiger partial charge on any atom is -0.308 e. The number of rotatable bonds is 6. The van der Waals surface area contributed by atoms with Gasteiger partial charge >= 0.3 is 0 Å². The van der Waals surface area contributed by atoms with E-state index in [4.69, 9.17) is 0 Å². The lowest BCUT2D eigenvalue weighted by Crippen LogP contribution is -2.41. The van der Waals surface area contributed by atoms with Crippen molar-refractivity contribution in [3.8, 4) is 11.1 Å². The first-order chi connectivity index (χ1) is 17.5. The Morgan fingerprint density at radius 3 is 2.30 bits per heavy atom. The van der Waals surface area contributed by atoms with E-state index in [0.717, 1.165) is 17.0 Å². The van der Waals surface area contributed by atoms with Crippen molar-refractivity contribution in [1.82, 2.24) is 4.72 Å². The number of fused-ring (bicyclic) bond motifs is 1. The largest absolute Gasteiger partial charge is 0.308 e. The molecule has 1 atom stereocenters. The van der Waals surface area contributed by atoms with Crippen molar-refractivity contribution in [3.05, 3.63) is 90.7 Å². The number of sulfonamides is 1. The smallest absolute Gasteiger partial charge is 0.245 e. The number of halogens is 1. The van der Waals surface area contributed by atoms with Crippen LogP contribution in [0.2, 0.25) is 0 Å². The first kappa shape index (κ1) is 25.1. The maximum Gasteiger partial charge on any atom is 0.245 e. The molecule has 0 aliphatic carbocycles. The molecule has 0 aromatic heterocycles. The second-order valence-corrected chi connectivity index (χ2v) is 12.6. The molecule has 1 heterocycles. The van der Waals surface area contributed by atoms with E-state index in [0.29, 0.717) is 11.1 Å². The average molecular weight is 539 g/mol. The first-order valence-electron chi connectivity index (χ1n) is 11.5. The summed E-state index contributed by atoms with van der Waals surface area (Å²) in [6, 6.07) is 21.4. The number of carbonyl (C=O) groups excluding carboxylic acids is 1. The van der Waals surface area contributed by atoms with Gasteiger partial charge in [-0.25, -0.2) is 21.2 Å². The number of nitrogens with one attached hydrogen (secondary N) is 1. The van der Waals surface area contributed by atoms with Crippen LogP contribution >= 0.6 is 0 Å². The van der Waals surface area contributed by atoms with Crippen molar-refractivity contribution in [2.75, 3.05) is 17.7 Å². The van der Waals surface area contributed by atoms with Gasteiger partial charge in [-0.1, -0.05) is 54.6 Å². The molecule has 0 spiro atoms. The SMILES string of the molecule is CS(=O)(=O)c1ccccc1-c1ccc(N2CC[C@H](NS(=O)(=O)c3ccc4ccccc4c3)C2=O)c(F)c1. The minimum absolute atomic E-state index is 0.00186. The highest BCUT2D eigenvalue weighted by atomic mass is 32.2. The molecule has 0 unspecified atom stereocenters. The van der Waals surface area contributed by atoms with Crippen molar-refractivity contribution in [1.29, 1.82) is 0 Å². The van der Waals surface area contributed by atoms with Crippen LogP contribution in [0.25, 0.3) is 21.9 Å². The fraction of sp³-hybridized carbons (Fsp3) is 0.148. The molecule has 1 fully saturated rings. The number of sulfone groups is 1. The predicted molar refractivity (Wildman–Crippen MR) is 140 cm³/mol. The van der Waals surface area contributed by atoms with Crippen LogP contribution in [0.5, 0.6) is 0 Å². The van der Waals surface area contributed by atoms with Gasteiger partial charge in [-0.3, -0.25) is 4.79 Å². The van der Waals surface area contributed by atoms with Crippen LogP contribution in [0, 0.1) is 5.82 Å². The fourth-order valence-electron chi connectivity index (χ4n) is 4.54. The topological polar surface area (TPSA) is 101 Å². The molecule has 1 saturated heterocycles. The quantitative estimate of drug-likeness (QED) is 0.398. The summed E-state index contributed by atoms with van der Waals surface area (Å²) in [5.41, 5.74) is 0.699. The molecule has 1 N–H and O–H groups in total. The molecule has 4 aromatic carbocycles. The number of benzene rings is 4. The second-order valence-electron chi connectivity index (χ2n) is 8.90. The Morgan fingerprint density at radius 2 is 1.57 bits per heavy atom. The Balaban J connectivity index is 1.38. The highest BCUT2D eigenvalue weighted by molar-refractivity contribution is 7.91. The van der Waals surface area contributed by atoms with Crippen LogP contribution in [-0.4, -0.2) is 41.6 Å². The normalized spacial score (nSPS) is 16.4. The van der Waals surface area contributed by atoms with E-state index in [2.05, 4.69) is 4.72 Å². The van der Waals surface area contributed by atoms with E-state index < -0.39 is 37.6 Å². The summed E-state index contributed by atoms with van der Waals surface area (Å²) < 4.78 is 67.9. The molecule has 7 nitrogen and oxygen atoms in total. The van der Waals surface area contributed by atoms with E-state index in [-0.39, 0.29) is 28.4 Å². The molecule has 0 radical (unpaired) electrons. The molecule has 5 rings (SSSR count). The summed E-state index contributed by atoms with van der Waals surface area (Å²) in [7, 11) is -7.53. The van der Waals surface area contributed by atoms with Gasteiger partial charge in [0.05, 0.1) is 15.5 Å². The molecule has 37 heavy (non-hydrogen) atoms. The van der Waals surface area contributed by atoms with Gasteiger partial charge in [0.15, 0.2) is 9.84 Å². The zero-order valence-corrected chi connectivity index (χ0v) is 21.4. The number of hydrogen-bond acceptors (Lipinski definition) is 5. The number of nitrogens with zero attached hydrogens (tertiary/aromatic N) is 1. The molecule has 190 valence electrons. The molecular formula is C27H23FN2O5S2. The van der Waals surface area contributed by atoms with E-state index in [1.165, 1.54) is 29.2 Å². The minimum atomic E-state index is -3.99. The number of anilines is 1. The lowest BCUT2D eigenvalue weighted by atomic mass is 10.0. The van der Waals surface area contributed by atoms with Crippen molar-refractivity contribution < 1.29 is 26.0 Å². The van der Waals surface area contributed by atoms with Crippen molar-refractivity contribution in [3.63, 3.8) is 0 Å². The maximum atomic E-state index is 15.2. The summed E-state index contributed by atoms with van der Waals surface area (Å²) in [4.78, 5) is 14.4. The van der Waals surface area contributed by atoms with Crippen LogP contribution in [0.1, 0.15) is 6.42 Å². The Bertz CT molecular complexity index is 1750. The standard InChI is InChI=1S/C27H23FN2O5S2/c1-36(32,33)26-9-5-4-8-22(26)20-11-13-25(23(28)17-20)30-15-14-24(27(30)31)29-37(34,35)21-12-10-18-6-2-3-7-19(18)16-21/h2-13,16-17,24,29H,14-15H2,1H3/t24-/m0/s1. The Kier molecular flexibility index (Phi) is 6.35. The predicted octanol–water partition coefficient (Wildman–Crippen LogP) is 4.13. The third-order valence-electron chi connectivity index (χ3n) is 6.37. The van der Waals surface area contributed by atoms with E-state index in [1.54, 1.807) is 42.5 Å². The van der Waals surface area contributed by atoms with Gasteiger partial charge in [0.1, 0.15) is 11.9 Å². The lowest BCUT2D eigenvalue weighted by molar-refractivity contribution is -0.118. The highest BCUT2D eigenvalue weighted by Crippen LogP contribution is 2.32.